The summed E-state index contributed by atoms with van der Waals surface area (Å²) in [6.45, 7) is 3.19. The summed E-state index contributed by atoms with van der Waals surface area (Å²) < 4.78 is 16.4. The van der Waals surface area contributed by atoms with Crippen molar-refractivity contribution in [1.29, 1.82) is 0 Å². The van der Waals surface area contributed by atoms with Crippen molar-refractivity contribution in [3.05, 3.63) is 87.9 Å². The Morgan fingerprint density at radius 2 is 1.68 bits per heavy atom. The van der Waals surface area contributed by atoms with E-state index in [1.165, 1.54) is 0 Å². The summed E-state index contributed by atoms with van der Waals surface area (Å²) in [4.78, 5) is 26.2. The Morgan fingerprint density at radius 3 is 2.33 bits per heavy atom. The lowest BCUT2D eigenvalue weighted by Gasteiger charge is -2.23. The summed E-state index contributed by atoms with van der Waals surface area (Å²) in [6, 6.07) is 19.5. The van der Waals surface area contributed by atoms with Crippen molar-refractivity contribution < 1.29 is 28.9 Å². The van der Waals surface area contributed by atoms with E-state index in [0.717, 1.165) is 11.1 Å². The number of benzene rings is 3. The molecular weight excluding hydrogens is 555 g/mol. The molecule has 0 aliphatic rings. The smallest absolute Gasteiger partial charge is 0.333 e. The number of amides is 2. The number of carboxylic acids is 1. The van der Waals surface area contributed by atoms with Crippen LogP contribution in [0.2, 0.25) is 10.0 Å². The zero-order chi connectivity index (χ0) is 28.9. The van der Waals surface area contributed by atoms with Gasteiger partial charge in [0, 0.05) is 41.4 Å². The zero-order valence-corrected chi connectivity index (χ0v) is 24.1. The molecule has 0 bridgehead atoms. The number of ether oxygens (including phenoxy) is 3. The number of halogens is 2. The number of hydrogen-bond acceptors (Lipinski definition) is 5. The van der Waals surface area contributed by atoms with Crippen molar-refractivity contribution in [2.24, 2.45) is 0 Å². The van der Waals surface area contributed by atoms with Crippen molar-refractivity contribution in [3.63, 3.8) is 0 Å². The number of carboxylic acid groups (broad SMARTS) is 1. The van der Waals surface area contributed by atoms with Gasteiger partial charge in [-0.2, -0.15) is 0 Å². The second-order valence-corrected chi connectivity index (χ2v) is 9.88. The van der Waals surface area contributed by atoms with Crippen molar-refractivity contribution in [2.75, 3.05) is 38.7 Å². The zero-order valence-electron chi connectivity index (χ0n) is 22.6. The van der Waals surface area contributed by atoms with Crippen molar-refractivity contribution in [2.45, 2.75) is 32.3 Å². The number of urea groups is 1. The number of carbonyl (C=O) groups is 2. The first-order valence-corrected chi connectivity index (χ1v) is 13.7. The van der Waals surface area contributed by atoms with E-state index in [1.54, 1.807) is 55.3 Å². The average Bonchev–Trinajstić information content (AvgIpc) is 2.92. The Balaban J connectivity index is 1.60. The van der Waals surface area contributed by atoms with Crippen LogP contribution in [0.5, 0.6) is 11.5 Å². The van der Waals surface area contributed by atoms with Gasteiger partial charge in [-0.05, 0) is 73.4 Å². The largest absolute Gasteiger partial charge is 0.497 e. The van der Waals surface area contributed by atoms with Crippen LogP contribution < -0.4 is 14.8 Å². The molecule has 40 heavy (non-hydrogen) atoms. The lowest BCUT2D eigenvalue weighted by molar-refractivity contribution is -0.149. The van der Waals surface area contributed by atoms with Gasteiger partial charge in [-0.25, -0.2) is 9.59 Å². The monoisotopic (exact) mass is 588 g/mol. The van der Waals surface area contributed by atoms with E-state index >= 15 is 0 Å². The Labute approximate surface area is 244 Å². The summed E-state index contributed by atoms with van der Waals surface area (Å²) in [5.41, 5.74) is 2.45. The maximum absolute atomic E-state index is 13.2. The Kier molecular flexibility index (Phi) is 12.4. The highest BCUT2D eigenvalue weighted by atomic mass is 35.5. The number of hydrogen-bond donors (Lipinski definition) is 2. The molecule has 0 aromatic heterocycles. The second kappa shape index (κ2) is 16.0. The van der Waals surface area contributed by atoms with Crippen molar-refractivity contribution in [1.82, 2.24) is 4.90 Å². The first-order valence-electron chi connectivity index (χ1n) is 13.0. The third-order valence-corrected chi connectivity index (χ3v) is 6.48. The van der Waals surface area contributed by atoms with Crippen LogP contribution in [0.3, 0.4) is 0 Å². The molecule has 0 spiro atoms. The molecule has 214 valence electrons. The first kappa shape index (κ1) is 31.1. The number of carbonyl (C=O) groups excluding carboxylic acids is 1. The number of nitrogens with zero attached hydrogens (tertiary/aromatic N) is 1. The molecule has 0 saturated carbocycles. The first-order chi connectivity index (χ1) is 19.3. The molecule has 0 saturated heterocycles. The Bertz CT molecular complexity index is 1230. The molecule has 0 aliphatic heterocycles. The molecular formula is C30H34Cl2N2O6. The van der Waals surface area contributed by atoms with Crippen LogP contribution in [-0.4, -0.2) is 61.5 Å². The van der Waals surface area contributed by atoms with Gasteiger partial charge in [0.1, 0.15) is 18.1 Å². The van der Waals surface area contributed by atoms with Crippen LogP contribution in [0.1, 0.15) is 24.5 Å². The molecule has 8 nitrogen and oxygen atoms in total. The van der Waals surface area contributed by atoms with Crippen LogP contribution in [0.25, 0.3) is 0 Å². The standard InChI is InChI=1S/C30H34Cl2N2O6/c1-3-39-28(29(35)36)18-21-9-11-26(12-10-21)40-15-14-34(13-5-6-22-16-23(31)19-24(32)17-22)30(37)33-25-7-4-8-27(20-25)38-2/h4,7-12,16-17,19-20,28H,3,5-6,13-15,18H2,1-2H3,(H,33,37)(H,35,36). The Hall–Kier alpha value is -3.46. The fraction of sp³-hybridized carbons (Fsp3) is 0.333. The molecule has 1 atom stereocenters. The number of aliphatic carboxylic acids is 1. The van der Waals surface area contributed by atoms with Gasteiger partial charge in [-0.15, -0.1) is 0 Å². The Morgan fingerprint density at radius 1 is 0.950 bits per heavy atom. The predicted molar refractivity (Wildman–Crippen MR) is 157 cm³/mol. The molecule has 10 heteroatoms. The third kappa shape index (κ3) is 10.3. The van der Waals surface area contributed by atoms with Crippen LogP contribution in [0, 0.1) is 0 Å². The predicted octanol–water partition coefficient (Wildman–Crippen LogP) is 6.58. The van der Waals surface area contributed by atoms with E-state index in [4.69, 9.17) is 37.4 Å². The highest BCUT2D eigenvalue weighted by Gasteiger charge is 2.18. The molecule has 0 aliphatic carbocycles. The molecule has 3 aromatic rings. The molecule has 3 rings (SSSR count). The van der Waals surface area contributed by atoms with Crippen LogP contribution in [0.4, 0.5) is 10.5 Å². The second-order valence-electron chi connectivity index (χ2n) is 9.01. The summed E-state index contributed by atoms with van der Waals surface area (Å²) in [5, 5.41) is 13.4. The average molecular weight is 590 g/mol. The highest BCUT2D eigenvalue weighted by Crippen LogP contribution is 2.21. The topological polar surface area (TPSA) is 97.3 Å². The minimum absolute atomic E-state index is 0.257. The van der Waals surface area contributed by atoms with E-state index in [0.29, 0.717) is 59.8 Å². The lowest BCUT2D eigenvalue weighted by Crippen LogP contribution is -2.38. The van der Waals surface area contributed by atoms with E-state index in [2.05, 4.69) is 5.32 Å². The molecule has 0 heterocycles. The molecule has 0 radical (unpaired) electrons. The third-order valence-electron chi connectivity index (χ3n) is 6.04. The maximum atomic E-state index is 13.2. The minimum Gasteiger partial charge on any atom is -0.497 e. The summed E-state index contributed by atoms with van der Waals surface area (Å²) in [5.74, 6) is 0.270. The summed E-state index contributed by atoms with van der Waals surface area (Å²) in [6.07, 6.45) is 0.766. The normalized spacial score (nSPS) is 11.5. The van der Waals surface area contributed by atoms with Crippen LogP contribution in [-0.2, 0) is 22.4 Å². The van der Waals surface area contributed by atoms with Gasteiger partial charge in [0.15, 0.2) is 6.10 Å². The van der Waals surface area contributed by atoms with Gasteiger partial charge in [0.25, 0.3) is 0 Å². The molecule has 2 amide bonds. The van der Waals surface area contributed by atoms with E-state index in [-0.39, 0.29) is 19.1 Å². The van der Waals surface area contributed by atoms with Gasteiger partial charge in [0.05, 0.1) is 13.7 Å². The van der Waals surface area contributed by atoms with Gasteiger partial charge in [0.2, 0.25) is 0 Å². The van der Waals surface area contributed by atoms with E-state index < -0.39 is 12.1 Å². The van der Waals surface area contributed by atoms with Gasteiger partial charge in [-0.3, -0.25) is 0 Å². The van der Waals surface area contributed by atoms with E-state index in [9.17, 15) is 14.7 Å². The molecule has 1 unspecified atom stereocenters. The quantitative estimate of drug-likeness (QED) is 0.208. The van der Waals surface area contributed by atoms with E-state index in [1.807, 2.05) is 30.3 Å². The SMILES string of the molecule is CCOC(Cc1ccc(OCCN(CCCc2cc(Cl)cc(Cl)c2)C(=O)Nc2cccc(OC)c2)cc1)C(=O)O. The van der Waals surface area contributed by atoms with Crippen LogP contribution in [0.15, 0.2) is 66.7 Å². The fourth-order valence-electron chi connectivity index (χ4n) is 4.08. The van der Waals surface area contributed by atoms with Crippen LogP contribution >= 0.6 is 23.2 Å². The summed E-state index contributed by atoms with van der Waals surface area (Å²) in [7, 11) is 1.57. The number of nitrogens with one attached hydrogen (secondary N) is 1. The lowest BCUT2D eigenvalue weighted by atomic mass is 10.1. The minimum atomic E-state index is -0.993. The van der Waals surface area contributed by atoms with Crippen molar-refractivity contribution in [3.8, 4) is 11.5 Å². The molecule has 2 N–H and O–H groups in total. The number of rotatable bonds is 15. The fourth-order valence-corrected chi connectivity index (χ4v) is 4.65. The number of methoxy groups -OCH3 is 1. The number of aryl methyl sites for hydroxylation is 1. The maximum Gasteiger partial charge on any atom is 0.333 e. The number of anilines is 1. The summed E-state index contributed by atoms with van der Waals surface area (Å²) >= 11 is 12.3. The van der Waals surface area contributed by atoms with Crippen molar-refractivity contribution >= 4 is 40.9 Å². The van der Waals surface area contributed by atoms with Gasteiger partial charge < -0.3 is 29.5 Å². The highest BCUT2D eigenvalue weighted by molar-refractivity contribution is 6.34. The molecule has 3 aromatic carbocycles. The van der Waals surface area contributed by atoms with Gasteiger partial charge in [-0.1, -0.05) is 41.4 Å². The molecule has 0 fully saturated rings. The van der Waals surface area contributed by atoms with Gasteiger partial charge >= 0.3 is 12.0 Å².